The molecule has 8 heteroatoms. The normalized spacial score (nSPS) is 15.6. The van der Waals surface area contributed by atoms with Gasteiger partial charge in [0, 0.05) is 18.5 Å². The molecule has 0 spiro atoms. The van der Waals surface area contributed by atoms with Crippen LogP contribution in [0.25, 0.3) is 22.2 Å². The number of rotatable bonds is 4. The molecule has 0 N–H and O–H groups in total. The third-order valence-electron chi connectivity index (χ3n) is 5.66. The van der Waals surface area contributed by atoms with Gasteiger partial charge in [0.1, 0.15) is 26.5 Å². The molecule has 0 bridgehead atoms. The lowest BCUT2D eigenvalue weighted by atomic mass is 10.3. The fourth-order valence-electron chi connectivity index (χ4n) is 4.02. The van der Waals surface area contributed by atoms with Gasteiger partial charge in [-0.25, -0.2) is 0 Å². The zero-order valence-corrected chi connectivity index (χ0v) is 20.0. The Morgan fingerprint density at radius 3 is 2.72 bits per heavy atom. The van der Waals surface area contributed by atoms with Gasteiger partial charge >= 0.3 is 5.89 Å². The minimum absolute atomic E-state index is 0.0340. The van der Waals surface area contributed by atoms with Gasteiger partial charge < -0.3 is 14.1 Å². The highest BCUT2D eigenvalue weighted by Crippen LogP contribution is 2.44. The second kappa shape index (κ2) is 8.18. The Labute approximate surface area is 193 Å². The predicted octanol–water partition coefficient (Wildman–Crippen LogP) is 3.13. The SMILES string of the molecule is CCn1c(=Cc2oc3ccc(OC)cc3[n+]2CC)sc(=C2Sc3ccccc3N2C)c1=O. The van der Waals surface area contributed by atoms with Crippen molar-refractivity contribution in [1.82, 2.24) is 4.57 Å². The number of fused-ring (bicyclic) bond motifs is 2. The first-order chi connectivity index (χ1) is 15.5. The first kappa shape index (κ1) is 20.9. The minimum Gasteiger partial charge on any atom is -0.497 e. The van der Waals surface area contributed by atoms with Gasteiger partial charge in [-0.1, -0.05) is 23.9 Å². The van der Waals surface area contributed by atoms with Crippen molar-refractivity contribution < 1.29 is 13.7 Å². The van der Waals surface area contributed by atoms with Crippen LogP contribution in [0.3, 0.4) is 0 Å². The molecule has 0 unspecified atom stereocenters. The van der Waals surface area contributed by atoms with Crippen molar-refractivity contribution in [3.05, 3.63) is 67.9 Å². The van der Waals surface area contributed by atoms with E-state index in [0.29, 0.717) is 12.4 Å². The average molecular weight is 467 g/mol. The Bertz CT molecular complexity index is 1510. The highest BCUT2D eigenvalue weighted by molar-refractivity contribution is 8.08. The summed E-state index contributed by atoms with van der Waals surface area (Å²) < 4.78 is 17.1. The molecule has 0 fully saturated rings. The molecule has 4 aromatic rings. The molecule has 3 heterocycles. The molecule has 164 valence electrons. The quantitative estimate of drug-likeness (QED) is 0.433. The molecule has 5 rings (SSSR count). The first-order valence-electron chi connectivity index (χ1n) is 10.5. The zero-order valence-electron chi connectivity index (χ0n) is 18.4. The largest absolute Gasteiger partial charge is 0.497 e. The second-order valence-corrected chi connectivity index (χ2v) is 9.48. The Morgan fingerprint density at radius 1 is 1.19 bits per heavy atom. The van der Waals surface area contributed by atoms with Crippen LogP contribution in [0.5, 0.6) is 5.75 Å². The molecule has 1 aliphatic rings. The topological polar surface area (TPSA) is 51.5 Å². The van der Waals surface area contributed by atoms with E-state index in [4.69, 9.17) is 9.15 Å². The van der Waals surface area contributed by atoms with Crippen molar-refractivity contribution in [2.24, 2.45) is 0 Å². The number of ether oxygens (including phenoxy) is 1. The van der Waals surface area contributed by atoms with Gasteiger partial charge in [-0.2, -0.15) is 4.57 Å². The molecule has 0 aliphatic carbocycles. The molecule has 1 aliphatic heterocycles. The summed E-state index contributed by atoms with van der Waals surface area (Å²) in [4.78, 5) is 16.6. The molecule has 0 atom stereocenters. The summed E-state index contributed by atoms with van der Waals surface area (Å²) >= 11 is 3.16. The van der Waals surface area contributed by atoms with Gasteiger partial charge in [0.25, 0.3) is 11.1 Å². The first-order valence-corrected chi connectivity index (χ1v) is 12.2. The summed E-state index contributed by atoms with van der Waals surface area (Å²) in [5.74, 6) is 1.50. The fraction of sp³-hybridized carbons (Fsp3) is 0.250. The minimum atomic E-state index is 0.0340. The number of aryl methyl sites for hydroxylation is 1. The molecular weight excluding hydrogens is 442 g/mol. The van der Waals surface area contributed by atoms with E-state index in [9.17, 15) is 4.79 Å². The van der Waals surface area contributed by atoms with Crippen molar-refractivity contribution >= 4 is 51.0 Å². The standard InChI is InChI=1S/C24H24N3O3S2/c1-5-26-17-13-15(29-4)11-12-18(17)30-20(26)14-21-27(6-2)23(28)22(32-21)24-25(3)16-9-7-8-10-19(16)31-24/h7-14H,5-6H2,1-4H3/q+1. The van der Waals surface area contributed by atoms with Crippen LogP contribution >= 0.6 is 23.1 Å². The highest BCUT2D eigenvalue weighted by Gasteiger charge is 2.25. The van der Waals surface area contributed by atoms with Crippen LogP contribution in [0, 0.1) is 0 Å². The summed E-state index contributed by atoms with van der Waals surface area (Å²) in [5, 5.41) is 0.973. The number of thiazole rings is 1. The Morgan fingerprint density at radius 2 is 2.00 bits per heavy atom. The number of nitrogens with zero attached hydrogens (tertiary/aromatic N) is 3. The third kappa shape index (κ3) is 3.25. The molecule has 0 saturated heterocycles. The molecule has 32 heavy (non-hydrogen) atoms. The number of methoxy groups -OCH3 is 1. The van der Waals surface area contributed by atoms with E-state index in [-0.39, 0.29) is 5.56 Å². The number of hydrogen-bond donors (Lipinski definition) is 0. The van der Waals surface area contributed by atoms with Crippen molar-refractivity contribution in [3.63, 3.8) is 0 Å². The molecule has 2 aromatic carbocycles. The van der Waals surface area contributed by atoms with E-state index in [0.717, 1.165) is 43.3 Å². The summed E-state index contributed by atoms with van der Waals surface area (Å²) in [5.41, 5.74) is 2.92. The van der Waals surface area contributed by atoms with Crippen LogP contribution in [-0.2, 0) is 13.1 Å². The summed E-state index contributed by atoms with van der Waals surface area (Å²) in [7, 11) is 3.68. The van der Waals surface area contributed by atoms with E-state index in [1.165, 1.54) is 16.2 Å². The van der Waals surface area contributed by atoms with Crippen molar-refractivity contribution in [2.75, 3.05) is 19.1 Å². The van der Waals surface area contributed by atoms with Gasteiger partial charge in [0.05, 0.1) is 24.9 Å². The number of para-hydroxylation sites is 1. The van der Waals surface area contributed by atoms with Crippen LogP contribution in [0.15, 0.2) is 56.6 Å². The van der Waals surface area contributed by atoms with E-state index in [2.05, 4.69) is 28.5 Å². The van der Waals surface area contributed by atoms with Gasteiger partial charge in [-0.15, -0.1) is 11.3 Å². The summed E-state index contributed by atoms with van der Waals surface area (Å²) in [6.07, 6.45) is 1.97. The van der Waals surface area contributed by atoms with Crippen LogP contribution < -0.4 is 29.0 Å². The average Bonchev–Trinajstić information content (AvgIpc) is 3.44. The lowest BCUT2D eigenvalue weighted by Crippen LogP contribution is -2.36. The number of aromatic nitrogens is 2. The maximum atomic E-state index is 13.3. The second-order valence-electron chi connectivity index (χ2n) is 7.42. The van der Waals surface area contributed by atoms with Crippen molar-refractivity contribution in [3.8, 4) is 5.75 Å². The third-order valence-corrected chi connectivity index (χ3v) is 8.15. The Kier molecular flexibility index (Phi) is 5.35. The van der Waals surface area contributed by atoms with Crippen LogP contribution in [0.2, 0.25) is 0 Å². The number of oxazole rings is 1. The van der Waals surface area contributed by atoms with Gasteiger partial charge in [-0.05, 0) is 38.1 Å². The molecule has 0 saturated carbocycles. The molecule has 0 amide bonds. The number of hydrogen-bond acceptors (Lipinski definition) is 6. The monoisotopic (exact) mass is 466 g/mol. The molecule has 2 aromatic heterocycles. The Hall–Kier alpha value is -2.97. The highest BCUT2D eigenvalue weighted by atomic mass is 32.2. The van der Waals surface area contributed by atoms with Crippen molar-refractivity contribution in [2.45, 2.75) is 31.8 Å². The molecule has 6 nitrogen and oxygen atoms in total. The van der Waals surface area contributed by atoms with E-state index in [1.807, 2.05) is 54.9 Å². The number of benzene rings is 2. The van der Waals surface area contributed by atoms with Crippen LogP contribution in [-0.4, -0.2) is 18.7 Å². The maximum Gasteiger partial charge on any atom is 0.377 e. The molecule has 0 radical (unpaired) electrons. The van der Waals surface area contributed by atoms with Crippen LogP contribution in [0.4, 0.5) is 5.69 Å². The van der Waals surface area contributed by atoms with Gasteiger partial charge in [0.15, 0.2) is 0 Å². The summed E-state index contributed by atoms with van der Waals surface area (Å²) in [6, 6.07) is 14.0. The Balaban J connectivity index is 1.72. The van der Waals surface area contributed by atoms with E-state index < -0.39 is 0 Å². The van der Waals surface area contributed by atoms with E-state index in [1.54, 1.807) is 18.9 Å². The zero-order chi connectivity index (χ0) is 22.4. The smallest absolute Gasteiger partial charge is 0.377 e. The predicted molar refractivity (Wildman–Crippen MR) is 130 cm³/mol. The van der Waals surface area contributed by atoms with Gasteiger partial charge in [0.2, 0.25) is 5.58 Å². The lowest BCUT2D eigenvalue weighted by Gasteiger charge is -2.11. The number of thioether (sulfide) groups is 1. The lowest BCUT2D eigenvalue weighted by molar-refractivity contribution is -0.674. The van der Waals surface area contributed by atoms with Crippen LogP contribution in [0.1, 0.15) is 19.7 Å². The summed E-state index contributed by atoms with van der Waals surface area (Å²) in [6.45, 7) is 5.41. The number of anilines is 1. The molecular formula is C24H24N3O3S2+. The maximum absolute atomic E-state index is 13.3. The van der Waals surface area contributed by atoms with Gasteiger partial charge in [-0.3, -0.25) is 9.36 Å². The fourth-order valence-corrected chi connectivity index (χ4v) is 6.46. The van der Waals surface area contributed by atoms with Crippen molar-refractivity contribution in [1.29, 1.82) is 0 Å². The van der Waals surface area contributed by atoms with E-state index >= 15 is 0 Å².